The van der Waals surface area contributed by atoms with Crippen LogP contribution in [-0.2, 0) is 13.1 Å². The van der Waals surface area contributed by atoms with Gasteiger partial charge in [-0.15, -0.1) is 0 Å². The Balaban J connectivity index is 1.09. The van der Waals surface area contributed by atoms with E-state index in [1.807, 2.05) is 35.8 Å². The lowest BCUT2D eigenvalue weighted by molar-refractivity contribution is 0.0606. The second-order valence-corrected chi connectivity index (χ2v) is 9.58. The Morgan fingerprint density at radius 2 is 1.03 bits per heavy atom. The Bertz CT molecular complexity index is 1090. The van der Waals surface area contributed by atoms with E-state index in [-0.39, 0.29) is 11.8 Å². The van der Waals surface area contributed by atoms with Crippen LogP contribution in [0.2, 0.25) is 0 Å². The Morgan fingerprint density at radius 3 is 1.33 bits per heavy atom. The molecule has 2 fully saturated rings. The van der Waals surface area contributed by atoms with Crippen molar-refractivity contribution in [3.63, 3.8) is 0 Å². The van der Waals surface area contributed by atoms with Gasteiger partial charge in [-0.25, -0.2) is 0 Å². The van der Waals surface area contributed by atoms with Crippen molar-refractivity contribution in [1.82, 2.24) is 29.9 Å². The van der Waals surface area contributed by atoms with Gasteiger partial charge in [0.1, 0.15) is 0 Å². The van der Waals surface area contributed by atoms with E-state index in [0.29, 0.717) is 50.4 Å². The number of nitrogens with zero attached hydrogens (tertiary/aromatic N) is 6. The molecule has 4 heterocycles. The topological polar surface area (TPSA) is 99.2 Å². The Kier molecular flexibility index (Phi) is 7.15. The Morgan fingerprint density at radius 1 is 0.667 bits per heavy atom. The first-order valence-corrected chi connectivity index (χ1v) is 12.4. The summed E-state index contributed by atoms with van der Waals surface area (Å²) in [5.74, 6) is 1.69. The van der Waals surface area contributed by atoms with Crippen molar-refractivity contribution in [2.24, 2.45) is 0 Å². The number of carbonyl (C=O) groups is 2. The molecule has 0 radical (unpaired) electrons. The highest BCUT2D eigenvalue weighted by molar-refractivity contribution is 5.98. The summed E-state index contributed by atoms with van der Waals surface area (Å²) in [5, 5.41) is 7.87. The molecule has 3 aromatic rings. The quantitative estimate of drug-likeness (QED) is 0.517. The van der Waals surface area contributed by atoms with Crippen molar-refractivity contribution in [2.45, 2.75) is 26.9 Å². The molecule has 1 aromatic carbocycles. The van der Waals surface area contributed by atoms with Gasteiger partial charge in [0.2, 0.25) is 0 Å². The summed E-state index contributed by atoms with van der Waals surface area (Å²) < 4.78 is 10.6. The van der Waals surface area contributed by atoms with Crippen LogP contribution in [0.1, 0.15) is 43.6 Å². The first-order valence-electron chi connectivity index (χ1n) is 12.4. The SMILES string of the molecule is Cc1cc(CN2CCN(C(=O)c3ccc(C(=O)N4CCN(Cc5cc(C)no5)CC4)cc3)CC2)on1. The fourth-order valence-corrected chi connectivity index (χ4v) is 4.76. The maximum absolute atomic E-state index is 13.0. The maximum Gasteiger partial charge on any atom is 0.253 e. The molecule has 5 rings (SSSR count). The zero-order valence-corrected chi connectivity index (χ0v) is 20.9. The lowest BCUT2D eigenvalue weighted by Crippen LogP contribution is -2.48. The van der Waals surface area contributed by atoms with Crippen LogP contribution in [0, 0.1) is 13.8 Å². The number of benzene rings is 1. The molecule has 10 heteroatoms. The number of aromatic nitrogens is 2. The van der Waals surface area contributed by atoms with Gasteiger partial charge in [-0.1, -0.05) is 10.3 Å². The van der Waals surface area contributed by atoms with Gasteiger partial charge < -0.3 is 18.8 Å². The number of hydrogen-bond donors (Lipinski definition) is 0. The molecule has 0 atom stereocenters. The maximum atomic E-state index is 13.0. The van der Waals surface area contributed by atoms with Crippen molar-refractivity contribution in [1.29, 1.82) is 0 Å². The summed E-state index contributed by atoms with van der Waals surface area (Å²) in [6.45, 7) is 11.0. The summed E-state index contributed by atoms with van der Waals surface area (Å²) in [5.41, 5.74) is 2.97. The fraction of sp³-hybridized carbons (Fsp3) is 0.462. The third-order valence-electron chi connectivity index (χ3n) is 6.81. The van der Waals surface area contributed by atoms with Crippen LogP contribution < -0.4 is 0 Å². The summed E-state index contributed by atoms with van der Waals surface area (Å²) >= 11 is 0. The van der Waals surface area contributed by atoms with E-state index in [0.717, 1.165) is 49.1 Å². The first kappa shape index (κ1) is 24.2. The van der Waals surface area contributed by atoms with Crippen LogP contribution >= 0.6 is 0 Å². The van der Waals surface area contributed by atoms with E-state index >= 15 is 0 Å². The minimum absolute atomic E-state index is 0.000394. The average molecular weight is 493 g/mol. The standard InChI is InChI=1S/C26H32N6O4/c1-19-15-23(35-27-19)17-29-7-11-31(12-8-29)25(33)21-3-5-22(6-4-21)26(34)32-13-9-30(10-14-32)18-24-16-20(2)28-36-24/h3-6,15-16H,7-14,17-18H2,1-2H3. The first-order chi connectivity index (χ1) is 17.4. The number of rotatable bonds is 6. The fourth-order valence-electron chi connectivity index (χ4n) is 4.76. The number of carbonyl (C=O) groups excluding carboxylic acids is 2. The molecule has 0 spiro atoms. The summed E-state index contributed by atoms with van der Waals surface area (Å²) in [7, 11) is 0. The van der Waals surface area contributed by atoms with Crippen LogP contribution in [0.3, 0.4) is 0 Å². The Hall–Kier alpha value is -3.50. The van der Waals surface area contributed by atoms with Gasteiger partial charge in [-0.3, -0.25) is 19.4 Å². The van der Waals surface area contributed by atoms with E-state index in [1.54, 1.807) is 24.3 Å². The third kappa shape index (κ3) is 5.66. The number of piperazine rings is 2. The largest absolute Gasteiger partial charge is 0.360 e. The van der Waals surface area contributed by atoms with Crippen molar-refractivity contribution < 1.29 is 18.6 Å². The zero-order chi connectivity index (χ0) is 25.1. The molecule has 2 amide bonds. The van der Waals surface area contributed by atoms with E-state index in [4.69, 9.17) is 9.05 Å². The lowest BCUT2D eigenvalue weighted by atomic mass is 10.1. The summed E-state index contributed by atoms with van der Waals surface area (Å²) in [6, 6.07) is 11.0. The molecule has 0 unspecified atom stereocenters. The predicted octanol–water partition coefficient (Wildman–Crippen LogP) is 2.20. The van der Waals surface area contributed by atoms with Crippen LogP contribution in [0.5, 0.6) is 0 Å². The van der Waals surface area contributed by atoms with Crippen LogP contribution in [0.4, 0.5) is 0 Å². The molecule has 2 saturated heterocycles. The molecule has 2 aromatic heterocycles. The molecular formula is C26H32N6O4. The molecule has 0 saturated carbocycles. The highest BCUT2D eigenvalue weighted by Crippen LogP contribution is 2.16. The summed E-state index contributed by atoms with van der Waals surface area (Å²) in [6.07, 6.45) is 0. The van der Waals surface area contributed by atoms with Gasteiger partial charge in [0.25, 0.3) is 11.8 Å². The number of aryl methyl sites for hydroxylation is 2. The van der Waals surface area contributed by atoms with Crippen molar-refractivity contribution >= 4 is 11.8 Å². The molecule has 2 aliphatic heterocycles. The molecule has 0 aliphatic carbocycles. The highest BCUT2D eigenvalue weighted by atomic mass is 16.5. The normalized spacial score (nSPS) is 17.5. The van der Waals surface area contributed by atoms with E-state index in [1.165, 1.54) is 0 Å². The lowest BCUT2D eigenvalue weighted by Gasteiger charge is -2.34. The number of amides is 2. The van der Waals surface area contributed by atoms with Gasteiger partial charge >= 0.3 is 0 Å². The van der Waals surface area contributed by atoms with E-state index in [2.05, 4.69) is 20.1 Å². The van der Waals surface area contributed by atoms with Gasteiger partial charge in [-0.2, -0.15) is 0 Å². The average Bonchev–Trinajstić information content (AvgIpc) is 3.51. The number of hydrogen-bond acceptors (Lipinski definition) is 8. The molecule has 0 bridgehead atoms. The minimum Gasteiger partial charge on any atom is -0.360 e. The second kappa shape index (κ2) is 10.6. The van der Waals surface area contributed by atoms with E-state index < -0.39 is 0 Å². The van der Waals surface area contributed by atoms with Gasteiger partial charge in [0.15, 0.2) is 11.5 Å². The second-order valence-electron chi connectivity index (χ2n) is 9.58. The third-order valence-corrected chi connectivity index (χ3v) is 6.81. The van der Waals surface area contributed by atoms with Crippen molar-refractivity contribution in [3.8, 4) is 0 Å². The summed E-state index contributed by atoms with van der Waals surface area (Å²) in [4.78, 5) is 34.3. The Labute approximate surface area is 210 Å². The minimum atomic E-state index is 0.000394. The van der Waals surface area contributed by atoms with Crippen LogP contribution in [0.25, 0.3) is 0 Å². The molecule has 190 valence electrons. The van der Waals surface area contributed by atoms with Crippen LogP contribution in [-0.4, -0.2) is 94.1 Å². The molecule has 2 aliphatic rings. The zero-order valence-electron chi connectivity index (χ0n) is 20.9. The van der Waals surface area contributed by atoms with Gasteiger partial charge in [0, 0.05) is 75.6 Å². The van der Waals surface area contributed by atoms with Crippen molar-refractivity contribution in [3.05, 3.63) is 70.4 Å². The smallest absolute Gasteiger partial charge is 0.253 e. The van der Waals surface area contributed by atoms with E-state index in [9.17, 15) is 9.59 Å². The van der Waals surface area contributed by atoms with Gasteiger partial charge in [-0.05, 0) is 38.1 Å². The molecule has 36 heavy (non-hydrogen) atoms. The molecule has 10 nitrogen and oxygen atoms in total. The highest BCUT2D eigenvalue weighted by Gasteiger charge is 2.25. The monoisotopic (exact) mass is 492 g/mol. The van der Waals surface area contributed by atoms with Crippen LogP contribution in [0.15, 0.2) is 45.4 Å². The molecule has 0 N–H and O–H groups in total. The van der Waals surface area contributed by atoms with Crippen molar-refractivity contribution in [2.75, 3.05) is 52.4 Å². The van der Waals surface area contributed by atoms with Gasteiger partial charge in [0.05, 0.1) is 24.5 Å². The molecular weight excluding hydrogens is 460 g/mol. The predicted molar refractivity (Wildman–Crippen MR) is 131 cm³/mol.